The first-order valence-corrected chi connectivity index (χ1v) is 5.91. The summed E-state index contributed by atoms with van der Waals surface area (Å²) in [5.41, 5.74) is 1.48. The Kier molecular flexibility index (Phi) is 3.48. The fourth-order valence-electron chi connectivity index (χ4n) is 2.05. The van der Waals surface area contributed by atoms with E-state index in [1.807, 2.05) is 30.6 Å². The lowest BCUT2D eigenvalue weighted by molar-refractivity contribution is 0.0974. The van der Waals surface area contributed by atoms with E-state index in [4.69, 9.17) is 0 Å². The molecule has 0 aliphatic heterocycles. The molecule has 3 nitrogen and oxygen atoms in total. The molecule has 0 amide bonds. The van der Waals surface area contributed by atoms with Gasteiger partial charge >= 0.3 is 0 Å². The highest BCUT2D eigenvalue weighted by atomic mass is 19.1. The lowest BCUT2D eigenvalue weighted by Crippen LogP contribution is -2.16. The molecule has 96 valence electrons. The second-order valence-corrected chi connectivity index (χ2v) is 4.79. The molecule has 4 heteroatoms. The number of hydrogen-bond acceptors (Lipinski definition) is 2. The third-order valence-corrected chi connectivity index (χ3v) is 3.04. The Morgan fingerprint density at radius 2 is 2.11 bits per heavy atom. The van der Waals surface area contributed by atoms with Crippen LogP contribution in [-0.2, 0) is 7.05 Å². The predicted octanol–water partition coefficient (Wildman–Crippen LogP) is 2.45. The first-order chi connectivity index (χ1) is 8.49. The van der Waals surface area contributed by atoms with Gasteiger partial charge < -0.3 is 9.47 Å². The summed E-state index contributed by atoms with van der Waals surface area (Å²) in [6, 6.07) is 4.54. The molecular formula is C14H17FN2O. The zero-order valence-corrected chi connectivity index (χ0v) is 10.9. The number of aromatic nitrogens is 1. The van der Waals surface area contributed by atoms with Crippen molar-refractivity contribution in [3.63, 3.8) is 0 Å². The molecule has 0 radical (unpaired) electrons. The summed E-state index contributed by atoms with van der Waals surface area (Å²) in [7, 11) is 5.72. The van der Waals surface area contributed by atoms with Crippen LogP contribution < -0.4 is 0 Å². The topological polar surface area (TPSA) is 25.2 Å². The van der Waals surface area contributed by atoms with Crippen LogP contribution in [-0.4, -0.2) is 35.9 Å². The molecule has 1 heterocycles. The Labute approximate surface area is 106 Å². The highest BCUT2D eigenvalue weighted by Gasteiger charge is 2.14. The Morgan fingerprint density at radius 1 is 1.39 bits per heavy atom. The smallest absolute Gasteiger partial charge is 0.166 e. The standard InChI is InChI=1S/C14H17FN2O/c1-16(2)7-6-14(18)12-9-17(3)13-5-4-10(15)8-11(12)13/h4-5,8-9H,6-7H2,1-3H3. The van der Waals surface area contributed by atoms with Crippen LogP contribution in [0.2, 0.25) is 0 Å². The summed E-state index contributed by atoms with van der Waals surface area (Å²) in [6.07, 6.45) is 2.23. The monoisotopic (exact) mass is 248 g/mol. The Bertz CT molecular complexity index is 587. The summed E-state index contributed by atoms with van der Waals surface area (Å²) < 4.78 is 15.1. The van der Waals surface area contributed by atoms with Gasteiger partial charge in [0, 0.05) is 42.7 Å². The molecule has 0 atom stereocenters. The highest BCUT2D eigenvalue weighted by Crippen LogP contribution is 2.22. The number of hydrogen-bond donors (Lipinski definition) is 0. The van der Waals surface area contributed by atoms with Gasteiger partial charge in [0.25, 0.3) is 0 Å². The van der Waals surface area contributed by atoms with Gasteiger partial charge in [0.15, 0.2) is 5.78 Å². The van der Waals surface area contributed by atoms with E-state index < -0.39 is 0 Å². The van der Waals surface area contributed by atoms with Gasteiger partial charge in [-0.2, -0.15) is 0 Å². The second-order valence-electron chi connectivity index (χ2n) is 4.79. The molecule has 0 spiro atoms. The zero-order valence-electron chi connectivity index (χ0n) is 10.9. The number of ketones is 1. The number of aryl methyl sites for hydroxylation is 1. The lowest BCUT2D eigenvalue weighted by Gasteiger charge is -2.07. The zero-order chi connectivity index (χ0) is 13.3. The molecule has 0 saturated carbocycles. The molecule has 1 aromatic heterocycles. The summed E-state index contributed by atoms with van der Waals surface area (Å²) in [4.78, 5) is 14.1. The largest absolute Gasteiger partial charge is 0.350 e. The maximum Gasteiger partial charge on any atom is 0.166 e. The van der Waals surface area contributed by atoms with Crippen molar-refractivity contribution in [2.75, 3.05) is 20.6 Å². The van der Waals surface area contributed by atoms with Gasteiger partial charge in [-0.1, -0.05) is 0 Å². The SMILES string of the molecule is CN(C)CCC(=O)c1cn(C)c2ccc(F)cc12. The Morgan fingerprint density at radius 3 is 2.78 bits per heavy atom. The van der Waals surface area contributed by atoms with Crippen molar-refractivity contribution >= 4 is 16.7 Å². The van der Waals surface area contributed by atoms with Crippen LogP contribution in [0.3, 0.4) is 0 Å². The van der Waals surface area contributed by atoms with Crippen LogP contribution in [0.25, 0.3) is 10.9 Å². The average molecular weight is 248 g/mol. The number of Topliss-reactive ketones (excluding diaryl/α,β-unsaturated/α-hetero) is 1. The van der Waals surface area contributed by atoms with E-state index in [0.29, 0.717) is 23.9 Å². The summed E-state index contributed by atoms with van der Waals surface area (Å²) in [5.74, 6) is -0.254. The van der Waals surface area contributed by atoms with Gasteiger partial charge in [0.05, 0.1) is 0 Å². The van der Waals surface area contributed by atoms with Gasteiger partial charge in [0.1, 0.15) is 5.82 Å². The van der Waals surface area contributed by atoms with Gasteiger partial charge in [-0.05, 0) is 32.3 Å². The number of fused-ring (bicyclic) bond motifs is 1. The van der Waals surface area contributed by atoms with Crippen LogP contribution in [0.15, 0.2) is 24.4 Å². The molecule has 0 aliphatic rings. The minimum atomic E-state index is -0.310. The van der Waals surface area contributed by atoms with Gasteiger partial charge in [-0.3, -0.25) is 4.79 Å². The summed E-state index contributed by atoms with van der Waals surface area (Å²) >= 11 is 0. The van der Waals surface area contributed by atoms with Crippen molar-refractivity contribution in [1.29, 1.82) is 0 Å². The molecule has 0 aliphatic carbocycles. The van der Waals surface area contributed by atoms with E-state index >= 15 is 0 Å². The maximum absolute atomic E-state index is 13.3. The van der Waals surface area contributed by atoms with Crippen molar-refractivity contribution in [2.45, 2.75) is 6.42 Å². The Hall–Kier alpha value is -1.68. The van der Waals surface area contributed by atoms with Crippen LogP contribution in [0.4, 0.5) is 4.39 Å². The minimum Gasteiger partial charge on any atom is -0.350 e. The average Bonchev–Trinajstić information content (AvgIpc) is 2.63. The molecule has 1 aromatic carbocycles. The molecule has 0 unspecified atom stereocenters. The van der Waals surface area contributed by atoms with Crippen molar-refractivity contribution in [3.8, 4) is 0 Å². The number of nitrogens with zero attached hydrogens (tertiary/aromatic N) is 2. The predicted molar refractivity (Wildman–Crippen MR) is 70.4 cm³/mol. The van der Waals surface area contributed by atoms with Crippen LogP contribution in [0.1, 0.15) is 16.8 Å². The minimum absolute atomic E-state index is 0.0555. The van der Waals surface area contributed by atoms with Crippen molar-refractivity contribution in [1.82, 2.24) is 9.47 Å². The van der Waals surface area contributed by atoms with Crippen LogP contribution in [0, 0.1) is 5.82 Å². The fraction of sp³-hybridized carbons (Fsp3) is 0.357. The molecule has 18 heavy (non-hydrogen) atoms. The highest BCUT2D eigenvalue weighted by molar-refractivity contribution is 6.08. The summed E-state index contributed by atoms with van der Waals surface area (Å²) in [5, 5.41) is 0.696. The van der Waals surface area contributed by atoms with Gasteiger partial charge in [0.2, 0.25) is 0 Å². The first kappa shape index (κ1) is 12.8. The number of rotatable bonds is 4. The van der Waals surface area contributed by atoms with E-state index in [9.17, 15) is 9.18 Å². The molecule has 2 rings (SSSR count). The van der Waals surface area contributed by atoms with E-state index in [2.05, 4.69) is 0 Å². The first-order valence-electron chi connectivity index (χ1n) is 5.91. The molecule has 2 aromatic rings. The number of carbonyl (C=O) groups excluding carboxylic acids is 1. The number of benzene rings is 1. The van der Waals surface area contributed by atoms with Gasteiger partial charge in [-0.15, -0.1) is 0 Å². The molecular weight excluding hydrogens is 231 g/mol. The van der Waals surface area contributed by atoms with Gasteiger partial charge in [-0.25, -0.2) is 4.39 Å². The fourth-order valence-corrected chi connectivity index (χ4v) is 2.05. The van der Waals surface area contributed by atoms with Crippen molar-refractivity contribution in [3.05, 3.63) is 35.8 Å². The second kappa shape index (κ2) is 4.90. The van der Waals surface area contributed by atoms with E-state index in [1.54, 1.807) is 12.3 Å². The maximum atomic E-state index is 13.3. The third kappa shape index (κ3) is 2.43. The van der Waals surface area contributed by atoms with Crippen molar-refractivity contribution < 1.29 is 9.18 Å². The summed E-state index contributed by atoms with van der Waals surface area (Å²) in [6.45, 7) is 0.699. The van der Waals surface area contributed by atoms with Crippen LogP contribution >= 0.6 is 0 Å². The van der Waals surface area contributed by atoms with E-state index in [0.717, 1.165) is 5.52 Å². The molecule has 0 fully saturated rings. The lowest BCUT2D eigenvalue weighted by atomic mass is 10.1. The van der Waals surface area contributed by atoms with Crippen LogP contribution in [0.5, 0.6) is 0 Å². The molecule has 0 N–H and O–H groups in total. The quantitative estimate of drug-likeness (QED) is 0.776. The number of halogens is 1. The Balaban J connectivity index is 2.38. The number of carbonyl (C=O) groups is 1. The molecule has 0 bridgehead atoms. The van der Waals surface area contributed by atoms with Crippen molar-refractivity contribution in [2.24, 2.45) is 7.05 Å². The van der Waals surface area contributed by atoms with E-state index in [-0.39, 0.29) is 11.6 Å². The third-order valence-electron chi connectivity index (χ3n) is 3.04. The van der Waals surface area contributed by atoms with E-state index in [1.165, 1.54) is 12.1 Å². The normalized spacial score (nSPS) is 11.4. The molecule has 0 saturated heterocycles.